The molecule has 0 aromatic rings. The molecule has 0 aromatic heterocycles. The van der Waals surface area contributed by atoms with Gasteiger partial charge in [-0.05, 0) is 6.42 Å². The molecule has 0 aromatic carbocycles. The number of carbonyl (C=O) groups is 1. The third-order valence-electron chi connectivity index (χ3n) is 1.50. The minimum absolute atomic E-state index is 0.139. The van der Waals surface area contributed by atoms with Gasteiger partial charge in [-0.2, -0.15) is 0 Å². The molecule has 10 heavy (non-hydrogen) atoms. The molecular weight excluding hydrogens is 132 g/mol. The first-order valence-electron chi connectivity index (χ1n) is 3.53. The molecule has 0 spiro atoms. The highest BCUT2D eigenvalue weighted by atomic mass is 16.7. The SMILES string of the molecule is CC(C=O)C1OCCCO1. The van der Waals surface area contributed by atoms with Gasteiger partial charge < -0.3 is 14.3 Å². The van der Waals surface area contributed by atoms with Crippen LogP contribution < -0.4 is 0 Å². The van der Waals surface area contributed by atoms with Gasteiger partial charge in [-0.3, -0.25) is 0 Å². The van der Waals surface area contributed by atoms with Crippen molar-refractivity contribution in [2.45, 2.75) is 19.6 Å². The van der Waals surface area contributed by atoms with Gasteiger partial charge in [-0.25, -0.2) is 0 Å². The Balaban J connectivity index is 2.30. The second-order valence-electron chi connectivity index (χ2n) is 2.46. The number of hydrogen-bond donors (Lipinski definition) is 0. The van der Waals surface area contributed by atoms with Crippen LogP contribution >= 0.6 is 0 Å². The fourth-order valence-electron chi connectivity index (χ4n) is 0.874. The third kappa shape index (κ3) is 1.78. The predicted octanol–water partition coefficient (Wildman–Crippen LogP) is 0.584. The van der Waals surface area contributed by atoms with Crippen LogP contribution in [0.3, 0.4) is 0 Å². The van der Waals surface area contributed by atoms with E-state index in [9.17, 15) is 4.79 Å². The summed E-state index contributed by atoms with van der Waals surface area (Å²) in [6.07, 6.45) is 1.49. The molecule has 0 aliphatic carbocycles. The summed E-state index contributed by atoms with van der Waals surface area (Å²) in [6.45, 7) is 3.22. The topological polar surface area (TPSA) is 35.5 Å². The van der Waals surface area contributed by atoms with Gasteiger partial charge in [-0.1, -0.05) is 6.92 Å². The van der Waals surface area contributed by atoms with Crippen molar-refractivity contribution in [3.05, 3.63) is 0 Å². The minimum Gasteiger partial charge on any atom is -0.352 e. The maximum Gasteiger partial charge on any atom is 0.166 e. The number of aldehydes is 1. The molecule has 0 bridgehead atoms. The molecular formula is C7H12O3. The number of rotatable bonds is 2. The number of ether oxygens (including phenoxy) is 2. The largest absolute Gasteiger partial charge is 0.352 e. The predicted molar refractivity (Wildman–Crippen MR) is 35.5 cm³/mol. The smallest absolute Gasteiger partial charge is 0.166 e. The van der Waals surface area contributed by atoms with E-state index >= 15 is 0 Å². The molecule has 1 saturated heterocycles. The summed E-state index contributed by atoms with van der Waals surface area (Å²) in [5, 5.41) is 0. The summed E-state index contributed by atoms with van der Waals surface area (Å²) in [7, 11) is 0. The molecule has 0 radical (unpaired) electrons. The fourth-order valence-corrected chi connectivity index (χ4v) is 0.874. The van der Waals surface area contributed by atoms with Crippen LogP contribution in [-0.2, 0) is 14.3 Å². The minimum atomic E-state index is -0.300. The molecule has 1 aliphatic rings. The van der Waals surface area contributed by atoms with Crippen LogP contribution in [-0.4, -0.2) is 25.8 Å². The molecule has 3 nitrogen and oxygen atoms in total. The quantitative estimate of drug-likeness (QED) is 0.532. The summed E-state index contributed by atoms with van der Waals surface area (Å²) in [6, 6.07) is 0. The van der Waals surface area contributed by atoms with Gasteiger partial charge in [0.2, 0.25) is 0 Å². The summed E-state index contributed by atoms with van der Waals surface area (Å²) >= 11 is 0. The Bertz CT molecular complexity index is 107. The van der Waals surface area contributed by atoms with Gasteiger partial charge in [0.1, 0.15) is 6.29 Å². The van der Waals surface area contributed by atoms with Crippen molar-refractivity contribution in [2.75, 3.05) is 13.2 Å². The van der Waals surface area contributed by atoms with Crippen molar-refractivity contribution >= 4 is 6.29 Å². The standard InChI is InChI=1S/C7H12O3/c1-6(5-8)7-9-3-2-4-10-7/h5-7H,2-4H2,1H3. The van der Waals surface area contributed by atoms with Crippen LogP contribution in [0, 0.1) is 5.92 Å². The van der Waals surface area contributed by atoms with E-state index in [1.165, 1.54) is 0 Å². The summed E-state index contributed by atoms with van der Waals surface area (Å²) in [5.41, 5.74) is 0. The molecule has 1 fully saturated rings. The Kier molecular flexibility index (Phi) is 2.83. The molecule has 1 aliphatic heterocycles. The van der Waals surface area contributed by atoms with Crippen molar-refractivity contribution < 1.29 is 14.3 Å². The lowest BCUT2D eigenvalue weighted by atomic mass is 10.2. The van der Waals surface area contributed by atoms with Crippen LogP contribution in [0.5, 0.6) is 0 Å². The zero-order valence-electron chi connectivity index (χ0n) is 6.08. The average Bonchev–Trinajstić information content (AvgIpc) is 2.05. The van der Waals surface area contributed by atoms with E-state index in [0.717, 1.165) is 12.7 Å². The van der Waals surface area contributed by atoms with Gasteiger partial charge in [0.25, 0.3) is 0 Å². The van der Waals surface area contributed by atoms with Gasteiger partial charge in [-0.15, -0.1) is 0 Å². The van der Waals surface area contributed by atoms with Crippen molar-refractivity contribution in [3.63, 3.8) is 0 Å². The molecule has 1 unspecified atom stereocenters. The Labute approximate surface area is 60.3 Å². The molecule has 1 rings (SSSR count). The first kappa shape index (κ1) is 7.69. The zero-order chi connectivity index (χ0) is 7.40. The van der Waals surface area contributed by atoms with E-state index in [1.54, 1.807) is 6.92 Å². The highest BCUT2D eigenvalue weighted by molar-refractivity contribution is 5.53. The van der Waals surface area contributed by atoms with E-state index in [1.807, 2.05) is 0 Å². The zero-order valence-corrected chi connectivity index (χ0v) is 6.08. The van der Waals surface area contributed by atoms with Crippen LogP contribution in [0.2, 0.25) is 0 Å². The van der Waals surface area contributed by atoms with Gasteiger partial charge >= 0.3 is 0 Å². The lowest BCUT2D eigenvalue weighted by molar-refractivity contribution is -0.198. The summed E-state index contributed by atoms with van der Waals surface area (Å²) < 4.78 is 10.4. The fraction of sp³-hybridized carbons (Fsp3) is 0.857. The van der Waals surface area contributed by atoms with Gasteiger partial charge in [0, 0.05) is 0 Å². The van der Waals surface area contributed by atoms with Crippen LogP contribution in [0.1, 0.15) is 13.3 Å². The van der Waals surface area contributed by atoms with Crippen molar-refractivity contribution in [1.29, 1.82) is 0 Å². The highest BCUT2D eigenvalue weighted by Crippen LogP contribution is 2.11. The Morgan fingerprint density at radius 2 is 2.10 bits per heavy atom. The van der Waals surface area contributed by atoms with Crippen LogP contribution in [0.4, 0.5) is 0 Å². The molecule has 0 N–H and O–H groups in total. The third-order valence-corrected chi connectivity index (χ3v) is 1.50. The number of carbonyl (C=O) groups excluding carboxylic acids is 1. The Hall–Kier alpha value is -0.410. The number of hydrogen-bond acceptors (Lipinski definition) is 3. The van der Waals surface area contributed by atoms with Crippen molar-refractivity contribution in [1.82, 2.24) is 0 Å². The molecule has 58 valence electrons. The van der Waals surface area contributed by atoms with Crippen LogP contribution in [0.25, 0.3) is 0 Å². The van der Waals surface area contributed by atoms with E-state index in [2.05, 4.69) is 0 Å². The lowest BCUT2D eigenvalue weighted by Crippen LogP contribution is -2.31. The van der Waals surface area contributed by atoms with Gasteiger partial charge in [0.15, 0.2) is 6.29 Å². The first-order valence-corrected chi connectivity index (χ1v) is 3.53. The average molecular weight is 144 g/mol. The van der Waals surface area contributed by atoms with Gasteiger partial charge in [0.05, 0.1) is 19.1 Å². The maximum absolute atomic E-state index is 10.2. The molecule has 3 heteroatoms. The first-order chi connectivity index (χ1) is 4.84. The normalized spacial score (nSPS) is 24.1. The lowest BCUT2D eigenvalue weighted by Gasteiger charge is -2.25. The summed E-state index contributed by atoms with van der Waals surface area (Å²) in [5.74, 6) is -0.139. The molecule has 1 heterocycles. The van der Waals surface area contributed by atoms with E-state index < -0.39 is 0 Å². The van der Waals surface area contributed by atoms with E-state index in [4.69, 9.17) is 9.47 Å². The Morgan fingerprint density at radius 3 is 2.60 bits per heavy atom. The van der Waals surface area contributed by atoms with E-state index in [-0.39, 0.29) is 12.2 Å². The monoisotopic (exact) mass is 144 g/mol. The second-order valence-corrected chi connectivity index (χ2v) is 2.46. The van der Waals surface area contributed by atoms with Crippen molar-refractivity contribution in [2.24, 2.45) is 5.92 Å². The molecule has 0 saturated carbocycles. The van der Waals surface area contributed by atoms with Crippen molar-refractivity contribution in [3.8, 4) is 0 Å². The highest BCUT2D eigenvalue weighted by Gasteiger charge is 2.20. The van der Waals surface area contributed by atoms with Crippen LogP contribution in [0.15, 0.2) is 0 Å². The Morgan fingerprint density at radius 1 is 1.50 bits per heavy atom. The second kappa shape index (κ2) is 3.68. The van der Waals surface area contributed by atoms with E-state index in [0.29, 0.717) is 13.2 Å². The molecule has 1 atom stereocenters. The summed E-state index contributed by atoms with van der Waals surface area (Å²) in [4.78, 5) is 10.2. The molecule has 0 amide bonds. The maximum atomic E-state index is 10.2.